The SMILES string of the molecule is Cc1cccc(CN2CCc3ccc(O[C@@H](C)C(=O)NCc4ccccc4)cc3[C@@H]2c2ccccc2)c1. The third kappa shape index (κ3) is 6.10. The Labute approximate surface area is 219 Å². The van der Waals surface area contributed by atoms with Crippen LogP contribution in [0.1, 0.15) is 46.3 Å². The van der Waals surface area contributed by atoms with E-state index in [1.165, 1.54) is 27.8 Å². The maximum Gasteiger partial charge on any atom is 0.261 e. The van der Waals surface area contributed by atoms with Crippen molar-refractivity contribution in [3.05, 3.63) is 137 Å². The topological polar surface area (TPSA) is 41.6 Å². The van der Waals surface area contributed by atoms with Crippen LogP contribution in [0.2, 0.25) is 0 Å². The third-order valence-electron chi connectivity index (χ3n) is 7.02. The summed E-state index contributed by atoms with van der Waals surface area (Å²) < 4.78 is 6.15. The molecule has 0 unspecified atom stereocenters. The maximum atomic E-state index is 12.7. The van der Waals surface area contributed by atoms with Gasteiger partial charge in [0, 0.05) is 19.6 Å². The Morgan fingerprint density at radius 3 is 2.41 bits per heavy atom. The molecule has 0 spiro atoms. The van der Waals surface area contributed by atoms with E-state index in [1.807, 2.05) is 36.4 Å². The Morgan fingerprint density at radius 2 is 1.65 bits per heavy atom. The highest BCUT2D eigenvalue weighted by Gasteiger charge is 2.29. The van der Waals surface area contributed by atoms with Crippen LogP contribution in [0, 0.1) is 6.92 Å². The van der Waals surface area contributed by atoms with Crippen molar-refractivity contribution < 1.29 is 9.53 Å². The molecule has 4 nitrogen and oxygen atoms in total. The second-order valence-electron chi connectivity index (χ2n) is 9.85. The quantitative estimate of drug-likeness (QED) is 0.319. The largest absolute Gasteiger partial charge is 0.481 e. The van der Waals surface area contributed by atoms with E-state index in [0.29, 0.717) is 6.54 Å². The average Bonchev–Trinajstić information content (AvgIpc) is 2.92. The molecule has 0 saturated carbocycles. The Kier molecular flexibility index (Phi) is 7.67. The molecule has 0 fully saturated rings. The molecule has 1 N–H and O–H groups in total. The van der Waals surface area contributed by atoms with E-state index in [9.17, 15) is 4.79 Å². The molecule has 1 heterocycles. The molecule has 0 aliphatic carbocycles. The molecule has 1 aliphatic heterocycles. The molecule has 188 valence electrons. The fourth-order valence-electron chi connectivity index (χ4n) is 5.15. The number of hydrogen-bond donors (Lipinski definition) is 1. The highest BCUT2D eigenvalue weighted by atomic mass is 16.5. The second kappa shape index (κ2) is 11.4. The first-order valence-corrected chi connectivity index (χ1v) is 13.0. The number of amides is 1. The fourth-order valence-corrected chi connectivity index (χ4v) is 5.15. The average molecular weight is 491 g/mol. The van der Waals surface area contributed by atoms with Crippen LogP contribution in [0.3, 0.4) is 0 Å². The number of benzene rings is 4. The number of fused-ring (bicyclic) bond motifs is 1. The fraction of sp³-hybridized carbons (Fsp3) is 0.242. The van der Waals surface area contributed by atoms with E-state index in [4.69, 9.17) is 4.74 Å². The second-order valence-corrected chi connectivity index (χ2v) is 9.85. The summed E-state index contributed by atoms with van der Waals surface area (Å²) in [6.07, 6.45) is 0.390. The zero-order valence-electron chi connectivity index (χ0n) is 21.6. The summed E-state index contributed by atoms with van der Waals surface area (Å²) in [5.41, 5.74) is 7.52. The van der Waals surface area contributed by atoms with E-state index in [2.05, 4.69) is 83.9 Å². The van der Waals surface area contributed by atoms with Crippen molar-refractivity contribution in [2.24, 2.45) is 0 Å². The number of ether oxygens (including phenoxy) is 1. The maximum absolute atomic E-state index is 12.7. The van der Waals surface area contributed by atoms with Gasteiger partial charge in [0.05, 0.1) is 6.04 Å². The Balaban J connectivity index is 1.36. The lowest BCUT2D eigenvalue weighted by molar-refractivity contribution is -0.127. The van der Waals surface area contributed by atoms with Gasteiger partial charge in [-0.2, -0.15) is 0 Å². The van der Waals surface area contributed by atoms with Gasteiger partial charge in [0.25, 0.3) is 5.91 Å². The minimum atomic E-state index is -0.594. The minimum Gasteiger partial charge on any atom is -0.481 e. The van der Waals surface area contributed by atoms with Gasteiger partial charge in [0.2, 0.25) is 0 Å². The molecule has 0 bridgehead atoms. The number of hydrogen-bond acceptors (Lipinski definition) is 3. The van der Waals surface area contributed by atoms with E-state index in [1.54, 1.807) is 6.92 Å². The van der Waals surface area contributed by atoms with Gasteiger partial charge in [0.15, 0.2) is 6.10 Å². The number of nitrogens with zero attached hydrogens (tertiary/aromatic N) is 1. The normalized spacial score (nSPS) is 16.0. The summed E-state index contributed by atoms with van der Waals surface area (Å²) in [4.78, 5) is 15.3. The van der Waals surface area contributed by atoms with Crippen LogP contribution in [0.4, 0.5) is 0 Å². The molecule has 1 amide bonds. The minimum absolute atomic E-state index is 0.122. The molecule has 5 rings (SSSR count). The Morgan fingerprint density at radius 1 is 0.919 bits per heavy atom. The van der Waals surface area contributed by atoms with Crippen molar-refractivity contribution >= 4 is 5.91 Å². The lowest BCUT2D eigenvalue weighted by atomic mass is 9.87. The van der Waals surface area contributed by atoms with Gasteiger partial charge in [0.1, 0.15) is 5.75 Å². The number of nitrogens with one attached hydrogen (secondary N) is 1. The van der Waals surface area contributed by atoms with E-state index >= 15 is 0 Å². The molecule has 0 radical (unpaired) electrons. The van der Waals surface area contributed by atoms with Crippen molar-refractivity contribution in [3.8, 4) is 5.75 Å². The van der Waals surface area contributed by atoms with Crippen molar-refractivity contribution in [1.82, 2.24) is 10.2 Å². The van der Waals surface area contributed by atoms with Gasteiger partial charge < -0.3 is 10.1 Å². The molecule has 4 aromatic rings. The summed E-state index contributed by atoms with van der Waals surface area (Å²) in [6, 6.07) is 35.8. The zero-order chi connectivity index (χ0) is 25.6. The monoisotopic (exact) mass is 490 g/mol. The molecular weight excluding hydrogens is 456 g/mol. The molecule has 1 aliphatic rings. The smallest absolute Gasteiger partial charge is 0.261 e. The van der Waals surface area contributed by atoms with Gasteiger partial charge in [-0.1, -0.05) is 96.6 Å². The van der Waals surface area contributed by atoms with Crippen molar-refractivity contribution in [3.63, 3.8) is 0 Å². The van der Waals surface area contributed by atoms with Crippen LogP contribution < -0.4 is 10.1 Å². The number of carbonyl (C=O) groups is 1. The predicted octanol–water partition coefficient (Wildman–Crippen LogP) is 6.23. The molecule has 4 aromatic carbocycles. The van der Waals surface area contributed by atoms with Crippen molar-refractivity contribution in [2.75, 3.05) is 6.54 Å². The summed E-state index contributed by atoms with van der Waals surface area (Å²) in [5, 5.41) is 2.98. The van der Waals surface area contributed by atoms with Crippen LogP contribution in [0.25, 0.3) is 0 Å². The first kappa shape index (κ1) is 24.8. The first-order chi connectivity index (χ1) is 18.1. The van der Waals surface area contributed by atoms with Gasteiger partial charge in [-0.15, -0.1) is 0 Å². The van der Waals surface area contributed by atoms with Crippen LogP contribution in [-0.4, -0.2) is 23.5 Å². The van der Waals surface area contributed by atoms with Gasteiger partial charge in [-0.3, -0.25) is 9.69 Å². The van der Waals surface area contributed by atoms with Gasteiger partial charge in [-0.05, 0) is 60.2 Å². The highest BCUT2D eigenvalue weighted by Crippen LogP contribution is 2.38. The molecule has 0 saturated heterocycles. The molecule has 2 atom stereocenters. The van der Waals surface area contributed by atoms with E-state index < -0.39 is 6.10 Å². The van der Waals surface area contributed by atoms with Gasteiger partial charge >= 0.3 is 0 Å². The molecule has 37 heavy (non-hydrogen) atoms. The van der Waals surface area contributed by atoms with E-state index in [0.717, 1.165) is 30.8 Å². The van der Waals surface area contributed by atoms with Crippen molar-refractivity contribution in [1.29, 1.82) is 0 Å². The third-order valence-corrected chi connectivity index (χ3v) is 7.02. The lowest BCUT2D eigenvalue weighted by Gasteiger charge is -2.38. The number of carbonyl (C=O) groups excluding carboxylic acids is 1. The van der Waals surface area contributed by atoms with E-state index in [-0.39, 0.29) is 11.9 Å². The first-order valence-electron chi connectivity index (χ1n) is 13.0. The standard InChI is InChI=1S/C33H34N2O2/c1-24-10-9-13-27(20-24)23-35-19-18-28-16-17-30(21-31(28)32(35)29-14-7-4-8-15-29)37-25(2)33(36)34-22-26-11-5-3-6-12-26/h3-17,20-21,25,32H,18-19,22-23H2,1-2H3,(H,34,36)/t25-,32-/m0/s1. The highest BCUT2D eigenvalue weighted by molar-refractivity contribution is 5.80. The van der Waals surface area contributed by atoms with Crippen molar-refractivity contribution in [2.45, 2.75) is 45.5 Å². The summed E-state index contributed by atoms with van der Waals surface area (Å²) >= 11 is 0. The van der Waals surface area contributed by atoms with Crippen LogP contribution in [0.15, 0.2) is 103 Å². The molecule has 4 heteroatoms. The van der Waals surface area contributed by atoms with Crippen LogP contribution >= 0.6 is 0 Å². The molecule has 0 aromatic heterocycles. The summed E-state index contributed by atoms with van der Waals surface area (Å²) in [7, 11) is 0. The summed E-state index contributed by atoms with van der Waals surface area (Å²) in [6.45, 7) is 6.30. The lowest BCUT2D eigenvalue weighted by Crippen LogP contribution is -2.37. The predicted molar refractivity (Wildman–Crippen MR) is 148 cm³/mol. The van der Waals surface area contributed by atoms with Crippen LogP contribution in [0.5, 0.6) is 5.75 Å². The zero-order valence-corrected chi connectivity index (χ0v) is 21.6. The Hall–Kier alpha value is -3.89. The molecular formula is C33H34N2O2. The number of rotatable bonds is 8. The Bertz CT molecular complexity index is 1340. The van der Waals surface area contributed by atoms with Crippen LogP contribution in [-0.2, 0) is 24.3 Å². The van der Waals surface area contributed by atoms with Gasteiger partial charge in [-0.25, -0.2) is 0 Å². The summed E-state index contributed by atoms with van der Waals surface area (Å²) in [5.74, 6) is 0.599. The number of aryl methyl sites for hydroxylation is 1.